The lowest BCUT2D eigenvalue weighted by atomic mass is 10.5. The molecule has 1 aromatic heterocycles. The smallest absolute Gasteiger partial charge is 0.202 e. The van der Waals surface area contributed by atoms with Crippen LogP contribution in [-0.2, 0) is 7.05 Å². The van der Waals surface area contributed by atoms with Gasteiger partial charge in [-0.05, 0) is 12.8 Å². The van der Waals surface area contributed by atoms with Gasteiger partial charge in [-0.15, -0.1) is 0 Å². The Labute approximate surface area is 78.4 Å². The van der Waals surface area contributed by atoms with Crippen LogP contribution in [0.25, 0.3) is 0 Å². The average molecular weight is 180 g/mol. The zero-order valence-electron chi connectivity index (χ0n) is 7.95. The molecule has 0 saturated heterocycles. The number of rotatable bonds is 5. The van der Waals surface area contributed by atoms with Gasteiger partial charge in [0.1, 0.15) is 0 Å². The Bertz CT molecular complexity index is 264. The molecule has 0 spiro atoms. The highest BCUT2D eigenvalue weighted by atomic mass is 15.2. The van der Waals surface area contributed by atoms with Crippen molar-refractivity contribution < 1.29 is 0 Å². The van der Waals surface area contributed by atoms with Gasteiger partial charge in [0.25, 0.3) is 0 Å². The van der Waals surface area contributed by atoms with Crippen molar-refractivity contribution in [3.8, 4) is 0 Å². The average Bonchev–Trinajstić information content (AvgIpc) is 2.86. The molecule has 0 radical (unpaired) electrons. The Kier molecular flexibility index (Phi) is 2.49. The van der Waals surface area contributed by atoms with E-state index < -0.39 is 0 Å². The molecule has 0 atom stereocenters. The minimum Gasteiger partial charge on any atom is -0.354 e. The second-order valence-electron chi connectivity index (χ2n) is 3.52. The molecule has 1 saturated carbocycles. The predicted molar refractivity (Wildman–Crippen MR) is 52.7 cm³/mol. The van der Waals surface area contributed by atoms with E-state index >= 15 is 0 Å². The van der Waals surface area contributed by atoms with Crippen molar-refractivity contribution in [3.05, 3.63) is 12.4 Å². The number of hydrogen-bond donors (Lipinski definition) is 2. The summed E-state index contributed by atoms with van der Waals surface area (Å²) >= 11 is 0. The van der Waals surface area contributed by atoms with Crippen molar-refractivity contribution in [1.29, 1.82) is 0 Å². The first-order chi connectivity index (χ1) is 6.36. The SMILES string of the molecule is Cn1ccnc1NCCNC1CC1. The van der Waals surface area contributed by atoms with Crippen molar-refractivity contribution in [2.75, 3.05) is 18.4 Å². The summed E-state index contributed by atoms with van der Waals surface area (Å²) in [5.41, 5.74) is 0. The number of aryl methyl sites for hydroxylation is 1. The van der Waals surface area contributed by atoms with Crippen LogP contribution in [0.3, 0.4) is 0 Å². The normalized spacial score (nSPS) is 16.1. The minimum atomic E-state index is 0.795. The van der Waals surface area contributed by atoms with Gasteiger partial charge in [-0.2, -0.15) is 0 Å². The van der Waals surface area contributed by atoms with Crippen LogP contribution < -0.4 is 10.6 Å². The first kappa shape index (κ1) is 8.56. The van der Waals surface area contributed by atoms with E-state index in [1.54, 1.807) is 6.20 Å². The minimum absolute atomic E-state index is 0.795. The molecule has 0 amide bonds. The van der Waals surface area contributed by atoms with Crippen LogP contribution in [0, 0.1) is 0 Å². The van der Waals surface area contributed by atoms with Gasteiger partial charge in [-0.3, -0.25) is 0 Å². The maximum absolute atomic E-state index is 4.17. The standard InChI is InChI=1S/C9H16N4/c1-13-7-6-12-9(13)11-5-4-10-8-2-3-8/h6-8,10H,2-5H2,1H3,(H,11,12). The number of anilines is 1. The summed E-state index contributed by atoms with van der Waals surface area (Å²) in [5, 5.41) is 6.70. The first-order valence-electron chi connectivity index (χ1n) is 4.81. The fraction of sp³-hybridized carbons (Fsp3) is 0.667. The topological polar surface area (TPSA) is 41.9 Å². The predicted octanol–water partition coefficient (Wildman–Crippen LogP) is 0.584. The maximum Gasteiger partial charge on any atom is 0.202 e. The fourth-order valence-electron chi connectivity index (χ4n) is 1.27. The third kappa shape index (κ3) is 2.45. The van der Waals surface area contributed by atoms with Crippen LogP contribution in [0.5, 0.6) is 0 Å². The summed E-state index contributed by atoms with van der Waals surface area (Å²) in [6.45, 7) is 1.97. The van der Waals surface area contributed by atoms with Crippen molar-refractivity contribution in [1.82, 2.24) is 14.9 Å². The second kappa shape index (κ2) is 3.79. The Hall–Kier alpha value is -1.03. The quantitative estimate of drug-likeness (QED) is 0.651. The molecule has 4 nitrogen and oxygen atoms in total. The van der Waals surface area contributed by atoms with Crippen LogP contribution in [-0.4, -0.2) is 28.7 Å². The molecule has 1 aliphatic carbocycles. The molecule has 2 rings (SSSR count). The van der Waals surface area contributed by atoms with Crippen molar-refractivity contribution in [2.45, 2.75) is 18.9 Å². The van der Waals surface area contributed by atoms with E-state index in [2.05, 4.69) is 15.6 Å². The van der Waals surface area contributed by atoms with Crippen LogP contribution in [0.15, 0.2) is 12.4 Å². The van der Waals surface area contributed by atoms with Crippen LogP contribution in [0.1, 0.15) is 12.8 Å². The Morgan fingerprint density at radius 1 is 1.54 bits per heavy atom. The molecule has 2 N–H and O–H groups in total. The molecule has 1 aliphatic rings. The van der Waals surface area contributed by atoms with Gasteiger partial charge in [-0.1, -0.05) is 0 Å². The third-order valence-electron chi connectivity index (χ3n) is 2.24. The van der Waals surface area contributed by atoms with Crippen LogP contribution >= 0.6 is 0 Å². The monoisotopic (exact) mass is 180 g/mol. The molecule has 1 aromatic rings. The largest absolute Gasteiger partial charge is 0.354 e. The molecule has 0 aliphatic heterocycles. The third-order valence-corrected chi connectivity index (χ3v) is 2.24. The molecule has 13 heavy (non-hydrogen) atoms. The highest BCUT2D eigenvalue weighted by Gasteiger charge is 2.19. The molecule has 1 heterocycles. The van der Waals surface area contributed by atoms with E-state index in [0.717, 1.165) is 25.1 Å². The van der Waals surface area contributed by atoms with E-state index in [1.807, 2.05) is 17.8 Å². The molecule has 0 bridgehead atoms. The number of imidazole rings is 1. The highest BCUT2D eigenvalue weighted by molar-refractivity contribution is 5.24. The molecule has 4 heteroatoms. The van der Waals surface area contributed by atoms with Gasteiger partial charge in [0, 0.05) is 38.6 Å². The summed E-state index contributed by atoms with van der Waals surface area (Å²) in [4.78, 5) is 4.17. The number of hydrogen-bond acceptors (Lipinski definition) is 3. The first-order valence-corrected chi connectivity index (χ1v) is 4.81. The summed E-state index contributed by atoms with van der Waals surface area (Å²) in [7, 11) is 1.99. The molecule has 0 unspecified atom stereocenters. The van der Waals surface area contributed by atoms with Gasteiger partial charge >= 0.3 is 0 Å². The Balaban J connectivity index is 1.64. The van der Waals surface area contributed by atoms with Gasteiger partial charge in [0.2, 0.25) is 5.95 Å². The fourth-order valence-corrected chi connectivity index (χ4v) is 1.27. The maximum atomic E-state index is 4.17. The highest BCUT2D eigenvalue weighted by Crippen LogP contribution is 2.17. The lowest BCUT2D eigenvalue weighted by Gasteiger charge is -2.06. The van der Waals surface area contributed by atoms with Crippen LogP contribution in [0.4, 0.5) is 5.95 Å². The van der Waals surface area contributed by atoms with E-state index in [4.69, 9.17) is 0 Å². The van der Waals surface area contributed by atoms with Crippen molar-refractivity contribution in [2.24, 2.45) is 7.05 Å². The van der Waals surface area contributed by atoms with E-state index in [0.29, 0.717) is 0 Å². The lowest BCUT2D eigenvalue weighted by molar-refractivity contribution is 0.697. The summed E-state index contributed by atoms with van der Waals surface area (Å²) < 4.78 is 1.98. The zero-order chi connectivity index (χ0) is 9.10. The molecule has 0 aromatic carbocycles. The molecular formula is C9H16N4. The summed E-state index contributed by atoms with van der Waals surface area (Å²) in [6.07, 6.45) is 6.44. The van der Waals surface area contributed by atoms with Crippen molar-refractivity contribution in [3.63, 3.8) is 0 Å². The summed E-state index contributed by atoms with van der Waals surface area (Å²) in [5.74, 6) is 0.942. The lowest BCUT2D eigenvalue weighted by Crippen LogP contribution is -2.24. The van der Waals surface area contributed by atoms with Crippen molar-refractivity contribution >= 4 is 5.95 Å². The summed E-state index contributed by atoms with van der Waals surface area (Å²) in [6, 6.07) is 0.795. The number of aromatic nitrogens is 2. The molecular weight excluding hydrogens is 164 g/mol. The van der Waals surface area contributed by atoms with E-state index in [1.165, 1.54) is 12.8 Å². The zero-order valence-corrected chi connectivity index (χ0v) is 7.95. The second-order valence-corrected chi connectivity index (χ2v) is 3.52. The van der Waals surface area contributed by atoms with Gasteiger partial charge in [0.05, 0.1) is 0 Å². The molecule has 1 fully saturated rings. The Morgan fingerprint density at radius 2 is 2.38 bits per heavy atom. The van der Waals surface area contributed by atoms with Crippen LogP contribution in [0.2, 0.25) is 0 Å². The van der Waals surface area contributed by atoms with Gasteiger partial charge in [-0.25, -0.2) is 4.98 Å². The van der Waals surface area contributed by atoms with E-state index in [9.17, 15) is 0 Å². The number of nitrogens with one attached hydrogen (secondary N) is 2. The van der Waals surface area contributed by atoms with Gasteiger partial charge in [0.15, 0.2) is 0 Å². The Morgan fingerprint density at radius 3 is 3.00 bits per heavy atom. The van der Waals surface area contributed by atoms with E-state index in [-0.39, 0.29) is 0 Å². The van der Waals surface area contributed by atoms with Gasteiger partial charge < -0.3 is 15.2 Å². The number of nitrogens with zero attached hydrogens (tertiary/aromatic N) is 2. The molecule has 72 valence electrons.